The van der Waals surface area contributed by atoms with Crippen molar-refractivity contribution in [3.63, 3.8) is 0 Å². The SMILES string of the molecule is C=CCNCCOS(=O)(=O)O. The van der Waals surface area contributed by atoms with Gasteiger partial charge in [0.2, 0.25) is 0 Å². The van der Waals surface area contributed by atoms with Crippen LogP contribution in [-0.4, -0.2) is 32.7 Å². The molecular formula is C5H11NO4S. The van der Waals surface area contributed by atoms with Crippen LogP contribution in [0.4, 0.5) is 0 Å². The van der Waals surface area contributed by atoms with Crippen LogP contribution in [-0.2, 0) is 14.6 Å². The summed E-state index contributed by atoms with van der Waals surface area (Å²) in [6.07, 6.45) is 1.63. The predicted octanol–water partition coefficient (Wildman–Crippen LogP) is -0.419. The zero-order valence-electron chi connectivity index (χ0n) is 5.99. The van der Waals surface area contributed by atoms with Crippen LogP contribution >= 0.6 is 0 Å². The van der Waals surface area contributed by atoms with Gasteiger partial charge in [-0.1, -0.05) is 6.08 Å². The fourth-order valence-corrected chi connectivity index (χ4v) is 0.717. The minimum absolute atomic E-state index is 0.0767. The Morgan fingerprint density at radius 2 is 2.27 bits per heavy atom. The van der Waals surface area contributed by atoms with Gasteiger partial charge in [-0.05, 0) is 0 Å². The first kappa shape index (κ1) is 10.6. The monoisotopic (exact) mass is 181 g/mol. The molecule has 0 unspecified atom stereocenters. The van der Waals surface area contributed by atoms with E-state index in [4.69, 9.17) is 4.55 Å². The van der Waals surface area contributed by atoms with E-state index in [1.165, 1.54) is 0 Å². The molecule has 0 amide bonds. The van der Waals surface area contributed by atoms with Crippen LogP contribution in [0.1, 0.15) is 0 Å². The highest BCUT2D eigenvalue weighted by Gasteiger charge is 2.01. The zero-order valence-corrected chi connectivity index (χ0v) is 6.80. The van der Waals surface area contributed by atoms with Crippen molar-refractivity contribution in [2.45, 2.75) is 0 Å². The lowest BCUT2D eigenvalue weighted by Crippen LogP contribution is -2.21. The van der Waals surface area contributed by atoms with Crippen LogP contribution in [0.2, 0.25) is 0 Å². The summed E-state index contributed by atoms with van der Waals surface area (Å²) in [5.74, 6) is 0. The topological polar surface area (TPSA) is 75.6 Å². The third kappa shape index (κ3) is 9.57. The first-order valence-electron chi connectivity index (χ1n) is 2.99. The standard InChI is InChI=1S/C5H11NO4S/c1-2-3-6-4-5-10-11(7,8)9/h2,6H,1,3-5H2,(H,7,8,9). The van der Waals surface area contributed by atoms with Gasteiger partial charge in [-0.15, -0.1) is 6.58 Å². The Labute approximate surface area is 66.0 Å². The van der Waals surface area contributed by atoms with Crippen molar-refractivity contribution < 1.29 is 17.2 Å². The molecule has 5 nitrogen and oxygen atoms in total. The van der Waals surface area contributed by atoms with Crippen molar-refractivity contribution in [3.05, 3.63) is 12.7 Å². The highest BCUT2D eigenvalue weighted by Crippen LogP contribution is 1.82. The number of hydrogen-bond acceptors (Lipinski definition) is 4. The maximum Gasteiger partial charge on any atom is 0.397 e. The zero-order chi connectivity index (χ0) is 8.74. The Balaban J connectivity index is 3.22. The molecule has 0 aliphatic rings. The lowest BCUT2D eigenvalue weighted by atomic mass is 10.6. The van der Waals surface area contributed by atoms with Crippen molar-refractivity contribution in [1.82, 2.24) is 5.32 Å². The molecule has 0 saturated carbocycles. The summed E-state index contributed by atoms with van der Waals surface area (Å²) in [5, 5.41) is 2.79. The van der Waals surface area contributed by atoms with E-state index in [1.54, 1.807) is 6.08 Å². The van der Waals surface area contributed by atoms with Crippen molar-refractivity contribution >= 4 is 10.4 Å². The lowest BCUT2D eigenvalue weighted by molar-refractivity contribution is 0.269. The Kier molecular flexibility index (Phi) is 5.05. The smallest absolute Gasteiger partial charge is 0.311 e. The van der Waals surface area contributed by atoms with Gasteiger partial charge in [0.25, 0.3) is 0 Å². The Hall–Kier alpha value is -0.430. The van der Waals surface area contributed by atoms with E-state index in [9.17, 15) is 8.42 Å². The number of nitrogens with one attached hydrogen (secondary N) is 1. The average Bonchev–Trinajstić information content (AvgIpc) is 1.85. The summed E-state index contributed by atoms with van der Waals surface area (Å²) in [5.41, 5.74) is 0. The second-order valence-electron chi connectivity index (χ2n) is 1.74. The van der Waals surface area contributed by atoms with Crippen molar-refractivity contribution in [1.29, 1.82) is 0 Å². The summed E-state index contributed by atoms with van der Waals surface area (Å²) in [6, 6.07) is 0. The van der Waals surface area contributed by atoms with Gasteiger partial charge >= 0.3 is 10.4 Å². The lowest BCUT2D eigenvalue weighted by Gasteiger charge is -1.99. The van der Waals surface area contributed by atoms with Gasteiger partial charge in [0.05, 0.1) is 6.61 Å². The largest absolute Gasteiger partial charge is 0.397 e. The fourth-order valence-electron chi connectivity index (χ4n) is 0.423. The second-order valence-corrected chi connectivity index (χ2v) is 2.83. The Bertz CT molecular complexity index is 199. The molecule has 0 rings (SSSR count). The molecule has 11 heavy (non-hydrogen) atoms. The summed E-state index contributed by atoms with van der Waals surface area (Å²) in [4.78, 5) is 0. The predicted molar refractivity (Wildman–Crippen MR) is 40.6 cm³/mol. The van der Waals surface area contributed by atoms with Crippen LogP contribution in [0, 0.1) is 0 Å². The van der Waals surface area contributed by atoms with Crippen LogP contribution in [0.5, 0.6) is 0 Å². The van der Waals surface area contributed by atoms with Crippen molar-refractivity contribution in [3.8, 4) is 0 Å². The van der Waals surface area contributed by atoms with Gasteiger partial charge in [-0.3, -0.25) is 4.55 Å². The molecule has 0 bridgehead atoms. The van der Waals surface area contributed by atoms with Gasteiger partial charge in [-0.2, -0.15) is 8.42 Å². The maximum absolute atomic E-state index is 9.95. The molecule has 66 valence electrons. The molecule has 0 saturated heterocycles. The van der Waals surface area contributed by atoms with E-state index in [0.29, 0.717) is 13.1 Å². The quantitative estimate of drug-likeness (QED) is 0.331. The summed E-state index contributed by atoms with van der Waals surface area (Å²) in [7, 11) is -4.28. The summed E-state index contributed by atoms with van der Waals surface area (Å²) < 4.78 is 32.0. The molecule has 0 aromatic carbocycles. The van der Waals surface area contributed by atoms with E-state index in [0.717, 1.165) is 0 Å². The number of rotatable bonds is 6. The molecule has 0 aromatic heterocycles. The van der Waals surface area contributed by atoms with Crippen LogP contribution in [0.25, 0.3) is 0 Å². The van der Waals surface area contributed by atoms with Crippen LogP contribution in [0.15, 0.2) is 12.7 Å². The van der Waals surface area contributed by atoms with E-state index >= 15 is 0 Å². The van der Waals surface area contributed by atoms with E-state index in [2.05, 4.69) is 16.1 Å². The molecule has 0 heterocycles. The van der Waals surface area contributed by atoms with Crippen molar-refractivity contribution in [2.75, 3.05) is 19.7 Å². The van der Waals surface area contributed by atoms with Gasteiger partial charge in [0.15, 0.2) is 0 Å². The maximum atomic E-state index is 9.95. The van der Waals surface area contributed by atoms with E-state index in [1.807, 2.05) is 0 Å². The van der Waals surface area contributed by atoms with Gasteiger partial charge in [-0.25, -0.2) is 4.18 Å². The molecular weight excluding hydrogens is 170 g/mol. The Morgan fingerprint density at radius 1 is 1.64 bits per heavy atom. The van der Waals surface area contributed by atoms with Crippen LogP contribution < -0.4 is 5.32 Å². The third-order valence-corrected chi connectivity index (χ3v) is 1.26. The number of hydrogen-bond donors (Lipinski definition) is 2. The van der Waals surface area contributed by atoms with E-state index < -0.39 is 10.4 Å². The molecule has 0 atom stereocenters. The molecule has 0 spiro atoms. The normalized spacial score (nSPS) is 11.4. The molecule has 0 fully saturated rings. The van der Waals surface area contributed by atoms with Crippen molar-refractivity contribution in [2.24, 2.45) is 0 Å². The van der Waals surface area contributed by atoms with Crippen LogP contribution in [0.3, 0.4) is 0 Å². The first-order valence-corrected chi connectivity index (χ1v) is 4.36. The van der Waals surface area contributed by atoms with Gasteiger partial charge in [0, 0.05) is 13.1 Å². The minimum atomic E-state index is -4.28. The molecule has 2 N–H and O–H groups in total. The minimum Gasteiger partial charge on any atom is -0.311 e. The molecule has 0 aliphatic carbocycles. The third-order valence-electron chi connectivity index (χ3n) is 0.800. The first-order chi connectivity index (χ1) is 5.06. The van der Waals surface area contributed by atoms with E-state index in [-0.39, 0.29) is 6.61 Å². The highest BCUT2D eigenvalue weighted by atomic mass is 32.3. The summed E-state index contributed by atoms with van der Waals surface area (Å²) in [6.45, 7) is 4.29. The molecule has 0 aromatic rings. The highest BCUT2D eigenvalue weighted by molar-refractivity contribution is 7.80. The molecule has 6 heteroatoms. The summed E-state index contributed by atoms with van der Waals surface area (Å²) >= 11 is 0. The fraction of sp³-hybridized carbons (Fsp3) is 0.600. The average molecular weight is 181 g/mol. The van der Waals surface area contributed by atoms with Gasteiger partial charge in [0.1, 0.15) is 0 Å². The molecule has 0 aliphatic heterocycles. The van der Waals surface area contributed by atoms with Gasteiger partial charge < -0.3 is 5.32 Å². The Morgan fingerprint density at radius 3 is 2.73 bits per heavy atom. The molecule has 0 radical (unpaired) electrons. The second kappa shape index (κ2) is 5.25.